The van der Waals surface area contributed by atoms with Gasteiger partial charge in [0.2, 0.25) is 0 Å². The molecule has 0 amide bonds. The summed E-state index contributed by atoms with van der Waals surface area (Å²) in [5.41, 5.74) is 1.39. The summed E-state index contributed by atoms with van der Waals surface area (Å²) in [4.78, 5) is 31.6. The van der Waals surface area contributed by atoms with E-state index >= 15 is 0 Å². The summed E-state index contributed by atoms with van der Waals surface area (Å²) in [6, 6.07) is 10.3. The quantitative estimate of drug-likeness (QED) is 0.556. The molecule has 2 aromatic heterocycles. The van der Waals surface area contributed by atoms with Gasteiger partial charge in [0.25, 0.3) is 5.56 Å². The number of hydrogen-bond acceptors (Lipinski definition) is 7. The van der Waals surface area contributed by atoms with Crippen molar-refractivity contribution in [1.82, 2.24) is 4.57 Å². The third-order valence-electron chi connectivity index (χ3n) is 5.05. The van der Waals surface area contributed by atoms with Crippen molar-refractivity contribution in [3.8, 4) is 5.75 Å². The van der Waals surface area contributed by atoms with Gasteiger partial charge in [-0.15, -0.1) is 0 Å². The molecule has 4 rings (SSSR count). The zero-order valence-electron chi connectivity index (χ0n) is 18.5. The summed E-state index contributed by atoms with van der Waals surface area (Å²) < 4.78 is 18.4. The van der Waals surface area contributed by atoms with Crippen LogP contribution < -0.4 is 19.6 Å². The van der Waals surface area contributed by atoms with Crippen LogP contribution in [-0.4, -0.2) is 23.8 Å². The Morgan fingerprint density at radius 1 is 1.19 bits per heavy atom. The van der Waals surface area contributed by atoms with Gasteiger partial charge in [0, 0.05) is 6.08 Å². The van der Waals surface area contributed by atoms with E-state index in [4.69, 9.17) is 13.9 Å². The molecule has 0 saturated carbocycles. The molecule has 0 unspecified atom stereocenters. The second-order valence-electron chi connectivity index (χ2n) is 7.76. The summed E-state index contributed by atoms with van der Waals surface area (Å²) in [5.74, 6) is 1.54. The minimum atomic E-state index is -0.663. The van der Waals surface area contributed by atoms with Gasteiger partial charge in [0.05, 0.1) is 35.1 Å². The van der Waals surface area contributed by atoms with Crippen LogP contribution in [0.15, 0.2) is 61.9 Å². The molecule has 0 N–H and O–H groups in total. The van der Waals surface area contributed by atoms with Gasteiger partial charge in [-0.05, 0) is 57.5 Å². The van der Waals surface area contributed by atoms with E-state index in [9.17, 15) is 9.59 Å². The molecule has 0 aliphatic carbocycles. The molecule has 0 bridgehead atoms. The van der Waals surface area contributed by atoms with E-state index < -0.39 is 12.0 Å². The van der Waals surface area contributed by atoms with Crippen LogP contribution in [0.2, 0.25) is 0 Å². The third kappa shape index (κ3) is 4.05. The second-order valence-corrected chi connectivity index (χ2v) is 8.77. The Morgan fingerprint density at radius 3 is 2.50 bits per heavy atom. The van der Waals surface area contributed by atoms with Crippen molar-refractivity contribution in [1.29, 1.82) is 0 Å². The van der Waals surface area contributed by atoms with Gasteiger partial charge >= 0.3 is 5.97 Å². The SMILES string of the molecule is COc1ccc([C@@H]2C(C(=O)OC(C)C)=C(C)N=c3s/c(=C/c4ccc(C)o4)c(=O)n32)cc1. The minimum Gasteiger partial charge on any atom is -0.497 e. The number of thiazole rings is 1. The van der Waals surface area contributed by atoms with Crippen molar-refractivity contribution in [3.05, 3.63) is 84.4 Å². The van der Waals surface area contributed by atoms with Crippen molar-refractivity contribution in [3.63, 3.8) is 0 Å². The monoisotopic (exact) mass is 452 g/mol. The number of nitrogens with zero attached hydrogens (tertiary/aromatic N) is 2. The smallest absolute Gasteiger partial charge is 0.338 e. The Balaban J connectivity index is 1.93. The van der Waals surface area contributed by atoms with Gasteiger partial charge in [-0.25, -0.2) is 9.79 Å². The van der Waals surface area contributed by atoms with Gasteiger partial charge in [-0.2, -0.15) is 0 Å². The molecule has 1 atom stereocenters. The number of allylic oxidation sites excluding steroid dienone is 1. The van der Waals surface area contributed by atoms with Crippen LogP contribution in [0.3, 0.4) is 0 Å². The molecule has 3 heterocycles. The van der Waals surface area contributed by atoms with Crippen LogP contribution in [0.4, 0.5) is 0 Å². The van der Waals surface area contributed by atoms with Gasteiger partial charge < -0.3 is 13.9 Å². The van der Waals surface area contributed by atoms with Gasteiger partial charge in [-0.3, -0.25) is 9.36 Å². The van der Waals surface area contributed by atoms with E-state index in [2.05, 4.69) is 4.99 Å². The van der Waals surface area contributed by atoms with Crippen molar-refractivity contribution >= 4 is 23.4 Å². The second kappa shape index (κ2) is 8.63. The Labute approximate surface area is 188 Å². The first-order valence-electron chi connectivity index (χ1n) is 10.2. The lowest BCUT2D eigenvalue weighted by molar-refractivity contribution is -0.143. The lowest BCUT2D eigenvalue weighted by Crippen LogP contribution is -2.40. The standard InChI is InChI=1S/C24H24N2O5S/c1-13(2)30-23(28)20-15(4)25-24-26(21(20)16-7-10-17(29-5)11-8-16)22(27)19(32-24)12-18-9-6-14(3)31-18/h6-13,21H,1-5H3/b19-12+/t21-/m1/s1. The molecule has 8 heteroatoms. The third-order valence-corrected chi connectivity index (χ3v) is 6.03. The number of aryl methyl sites for hydroxylation is 1. The lowest BCUT2D eigenvalue weighted by atomic mass is 9.96. The molecule has 1 aromatic carbocycles. The normalized spacial score (nSPS) is 16.2. The number of esters is 1. The molecule has 0 saturated heterocycles. The highest BCUT2D eigenvalue weighted by Gasteiger charge is 2.33. The topological polar surface area (TPSA) is 83.0 Å². The molecule has 0 fully saturated rings. The van der Waals surface area contributed by atoms with E-state index in [1.165, 1.54) is 11.3 Å². The number of carbonyl (C=O) groups excluding carboxylic acids is 1. The summed E-state index contributed by atoms with van der Waals surface area (Å²) >= 11 is 1.26. The molecule has 3 aromatic rings. The van der Waals surface area contributed by atoms with Gasteiger partial charge in [-0.1, -0.05) is 23.5 Å². The predicted octanol–water partition coefficient (Wildman–Crippen LogP) is 3.10. The van der Waals surface area contributed by atoms with Crippen LogP contribution in [0.1, 0.15) is 43.9 Å². The molecule has 1 aliphatic rings. The molecule has 0 radical (unpaired) electrons. The number of ether oxygens (including phenoxy) is 2. The Hall–Kier alpha value is -3.39. The maximum Gasteiger partial charge on any atom is 0.338 e. The molecular formula is C24H24N2O5S. The van der Waals surface area contributed by atoms with Crippen LogP contribution in [0.25, 0.3) is 6.08 Å². The van der Waals surface area contributed by atoms with Crippen molar-refractivity contribution < 1.29 is 18.7 Å². The first-order valence-corrected chi connectivity index (χ1v) is 11.0. The Morgan fingerprint density at radius 2 is 1.91 bits per heavy atom. The average molecular weight is 453 g/mol. The number of rotatable bonds is 5. The number of benzene rings is 1. The highest BCUT2D eigenvalue weighted by Crippen LogP contribution is 2.31. The summed E-state index contributed by atoms with van der Waals surface area (Å²) in [6.45, 7) is 7.19. The largest absolute Gasteiger partial charge is 0.497 e. The molecule has 166 valence electrons. The summed E-state index contributed by atoms with van der Waals surface area (Å²) in [5, 5.41) is 0. The van der Waals surface area contributed by atoms with E-state index in [-0.39, 0.29) is 11.7 Å². The first-order chi connectivity index (χ1) is 15.3. The van der Waals surface area contributed by atoms with Crippen LogP contribution in [-0.2, 0) is 9.53 Å². The number of carbonyl (C=O) groups is 1. The number of fused-ring (bicyclic) bond motifs is 1. The zero-order chi connectivity index (χ0) is 23.0. The van der Waals surface area contributed by atoms with E-state index in [1.807, 2.05) is 31.2 Å². The predicted molar refractivity (Wildman–Crippen MR) is 121 cm³/mol. The highest BCUT2D eigenvalue weighted by molar-refractivity contribution is 7.07. The van der Waals surface area contributed by atoms with E-state index in [0.29, 0.717) is 32.1 Å². The van der Waals surface area contributed by atoms with Gasteiger partial charge in [0.1, 0.15) is 17.3 Å². The zero-order valence-corrected chi connectivity index (χ0v) is 19.4. The van der Waals surface area contributed by atoms with Crippen molar-refractivity contribution in [2.75, 3.05) is 7.11 Å². The Bertz CT molecular complexity index is 1370. The van der Waals surface area contributed by atoms with E-state index in [1.54, 1.807) is 50.7 Å². The molecule has 1 aliphatic heterocycles. The Kier molecular flexibility index (Phi) is 5.88. The number of furan rings is 1. The maximum atomic E-state index is 13.5. The molecule has 32 heavy (non-hydrogen) atoms. The maximum absolute atomic E-state index is 13.5. The highest BCUT2D eigenvalue weighted by atomic mass is 32.1. The van der Waals surface area contributed by atoms with Crippen molar-refractivity contribution in [2.45, 2.75) is 39.8 Å². The molecular weight excluding hydrogens is 428 g/mol. The number of aromatic nitrogens is 1. The molecule has 7 nitrogen and oxygen atoms in total. The first kappa shape index (κ1) is 21.8. The summed E-state index contributed by atoms with van der Waals surface area (Å²) in [7, 11) is 1.59. The number of methoxy groups -OCH3 is 1. The van der Waals surface area contributed by atoms with Crippen LogP contribution in [0.5, 0.6) is 5.75 Å². The van der Waals surface area contributed by atoms with Gasteiger partial charge in [0.15, 0.2) is 4.80 Å². The fourth-order valence-corrected chi connectivity index (χ4v) is 4.65. The minimum absolute atomic E-state index is 0.244. The fraction of sp³-hybridized carbons (Fsp3) is 0.292. The molecule has 0 spiro atoms. The fourth-order valence-electron chi connectivity index (χ4n) is 3.62. The number of hydrogen-bond donors (Lipinski definition) is 0. The van der Waals surface area contributed by atoms with E-state index in [0.717, 1.165) is 11.3 Å². The average Bonchev–Trinajstić information content (AvgIpc) is 3.29. The summed E-state index contributed by atoms with van der Waals surface area (Å²) in [6.07, 6.45) is 1.40. The van der Waals surface area contributed by atoms with Crippen LogP contribution >= 0.6 is 11.3 Å². The lowest BCUT2D eigenvalue weighted by Gasteiger charge is -2.25. The van der Waals surface area contributed by atoms with Crippen LogP contribution in [0, 0.1) is 6.92 Å². The van der Waals surface area contributed by atoms with Crippen molar-refractivity contribution in [2.24, 2.45) is 4.99 Å².